The highest BCUT2D eigenvalue weighted by Gasteiger charge is 2.18. The van der Waals surface area contributed by atoms with Crippen LogP contribution < -0.4 is 0 Å². The zero-order chi connectivity index (χ0) is 13.8. The molecule has 0 unspecified atom stereocenters. The maximum Gasteiger partial charge on any atom is 0.172 e. The summed E-state index contributed by atoms with van der Waals surface area (Å²) in [6.07, 6.45) is 13.1. The average Bonchev–Trinajstić information content (AvgIpc) is 2.37. The summed E-state index contributed by atoms with van der Waals surface area (Å²) in [5.41, 5.74) is 1.61. The molecule has 98 valence electrons. The largest absolute Gasteiger partial charge is 0.172 e. The molecular weight excluding hydrogens is 231 g/mol. The van der Waals surface area contributed by atoms with Crippen LogP contribution in [0.15, 0.2) is 48.6 Å². The molecule has 0 heterocycles. The third kappa shape index (κ3) is 6.25. The Hall–Kier alpha value is -0.758. The van der Waals surface area contributed by atoms with E-state index < -0.39 is 0 Å². The molecule has 18 heavy (non-hydrogen) atoms. The lowest BCUT2D eigenvalue weighted by Crippen LogP contribution is -2.20. The maximum atomic E-state index is 3.91. The maximum absolute atomic E-state index is 3.91. The minimum absolute atomic E-state index is 0.607. The Morgan fingerprint density at radius 3 is 2.11 bits per heavy atom. The predicted octanol–water partition coefficient (Wildman–Crippen LogP) is 5.17. The van der Waals surface area contributed by atoms with Crippen LogP contribution in [-0.2, 0) is 0 Å². The van der Waals surface area contributed by atoms with Crippen molar-refractivity contribution in [1.29, 1.82) is 0 Å². The quantitative estimate of drug-likeness (QED) is 0.354. The molecule has 0 fully saturated rings. The van der Waals surface area contributed by atoms with E-state index in [1.807, 2.05) is 18.2 Å². The summed E-state index contributed by atoms with van der Waals surface area (Å²) in [6.45, 7) is 16.8. The van der Waals surface area contributed by atoms with Crippen molar-refractivity contribution >= 4 is 16.2 Å². The van der Waals surface area contributed by atoms with Gasteiger partial charge >= 0.3 is 0 Å². The smallest absolute Gasteiger partial charge is 0.114 e. The first kappa shape index (κ1) is 17.2. The third-order valence-corrected chi connectivity index (χ3v) is 4.48. The summed E-state index contributed by atoms with van der Waals surface area (Å²) in [6, 6.07) is 0. The molecule has 0 aromatic heterocycles. The highest BCUT2D eigenvalue weighted by Crippen LogP contribution is 2.22. The van der Waals surface area contributed by atoms with Crippen LogP contribution in [0.2, 0.25) is 19.2 Å². The van der Waals surface area contributed by atoms with Crippen molar-refractivity contribution in [3.8, 4) is 0 Å². The van der Waals surface area contributed by atoms with Crippen LogP contribution in [0.25, 0.3) is 0 Å². The Bertz CT molecular complexity index is 281. The lowest BCUT2D eigenvalue weighted by Gasteiger charge is -2.19. The molecular formula is C16H27BSi. The van der Waals surface area contributed by atoms with Gasteiger partial charge in [0, 0.05) is 0 Å². The topological polar surface area (TPSA) is 0 Å². The fourth-order valence-electron chi connectivity index (χ4n) is 2.31. The second-order valence-corrected chi connectivity index (χ2v) is 5.65. The lowest BCUT2D eigenvalue weighted by atomic mass is 9.43. The first-order chi connectivity index (χ1) is 8.74. The molecule has 2 radical (unpaired) electrons. The van der Waals surface area contributed by atoms with Gasteiger partial charge in [-0.3, -0.25) is 0 Å². The van der Waals surface area contributed by atoms with Crippen molar-refractivity contribution in [2.45, 2.75) is 51.8 Å². The molecule has 0 aliphatic rings. The van der Waals surface area contributed by atoms with Crippen molar-refractivity contribution in [3.63, 3.8) is 0 Å². The van der Waals surface area contributed by atoms with Gasteiger partial charge in [0.05, 0.1) is 9.52 Å². The molecule has 0 aromatic carbocycles. The highest BCUT2D eigenvalue weighted by molar-refractivity contribution is 6.81. The van der Waals surface area contributed by atoms with Crippen molar-refractivity contribution < 1.29 is 0 Å². The minimum Gasteiger partial charge on any atom is -0.114 e. The summed E-state index contributed by atoms with van der Waals surface area (Å²) in [5, 5.41) is 1.64. The number of allylic oxidation sites excluding steroid dienone is 4. The molecule has 0 nitrogen and oxygen atoms in total. The molecule has 0 rings (SSSR count). The SMILES string of the molecule is C=CCB(CC=C)/C([Si]C)=C(\CC=C)CCCC. The van der Waals surface area contributed by atoms with Crippen LogP contribution in [0.5, 0.6) is 0 Å². The molecule has 0 spiro atoms. The predicted molar refractivity (Wildman–Crippen MR) is 88.7 cm³/mol. The summed E-state index contributed by atoms with van der Waals surface area (Å²) in [4.78, 5) is 0. The molecule has 2 heteroatoms. The van der Waals surface area contributed by atoms with Crippen LogP contribution in [0.4, 0.5) is 0 Å². The molecule has 0 aliphatic heterocycles. The van der Waals surface area contributed by atoms with Crippen LogP contribution >= 0.6 is 0 Å². The molecule has 0 atom stereocenters. The third-order valence-electron chi connectivity index (χ3n) is 3.18. The normalized spacial score (nSPS) is 11.7. The Labute approximate surface area is 117 Å². The number of rotatable bonds is 11. The Kier molecular flexibility index (Phi) is 10.9. The van der Waals surface area contributed by atoms with E-state index in [-0.39, 0.29) is 0 Å². The molecule has 0 aliphatic carbocycles. The van der Waals surface area contributed by atoms with Gasteiger partial charge in [0.15, 0.2) is 6.71 Å². The molecule has 0 bridgehead atoms. The second-order valence-electron chi connectivity index (χ2n) is 4.61. The van der Waals surface area contributed by atoms with Crippen LogP contribution in [0, 0.1) is 0 Å². The van der Waals surface area contributed by atoms with E-state index in [0.717, 1.165) is 28.6 Å². The summed E-state index contributed by atoms with van der Waals surface area (Å²) in [5.74, 6) is 0. The van der Waals surface area contributed by atoms with E-state index in [4.69, 9.17) is 0 Å². The van der Waals surface area contributed by atoms with Crippen molar-refractivity contribution in [2.75, 3.05) is 0 Å². The van der Waals surface area contributed by atoms with Gasteiger partial charge in [-0.05, 0) is 19.3 Å². The van der Waals surface area contributed by atoms with Gasteiger partial charge in [-0.1, -0.05) is 56.3 Å². The number of hydrogen-bond acceptors (Lipinski definition) is 0. The van der Waals surface area contributed by atoms with Gasteiger partial charge in [0.2, 0.25) is 0 Å². The van der Waals surface area contributed by atoms with Gasteiger partial charge in [-0.15, -0.1) is 24.8 Å². The van der Waals surface area contributed by atoms with E-state index >= 15 is 0 Å². The van der Waals surface area contributed by atoms with Gasteiger partial charge < -0.3 is 0 Å². The standard InChI is InChI=1S/C16H27BSi/c1-6-10-12-15(11-7-2)16(18-5)17(13-8-3)14-9-4/h7-9H,2-4,6,10-14H2,1,5H3/b16-15-. The zero-order valence-electron chi connectivity index (χ0n) is 12.2. The highest BCUT2D eigenvalue weighted by atomic mass is 28.2. The van der Waals surface area contributed by atoms with E-state index in [9.17, 15) is 0 Å². The molecule has 0 amide bonds. The fraction of sp³-hybridized carbons (Fsp3) is 0.500. The van der Waals surface area contributed by atoms with Crippen LogP contribution in [0.1, 0.15) is 32.6 Å². The van der Waals surface area contributed by atoms with Crippen molar-refractivity contribution in [3.05, 3.63) is 48.6 Å². The van der Waals surface area contributed by atoms with Gasteiger partial charge in [-0.25, -0.2) is 0 Å². The van der Waals surface area contributed by atoms with Gasteiger partial charge in [0.25, 0.3) is 0 Å². The first-order valence-electron chi connectivity index (χ1n) is 6.97. The molecule has 0 saturated heterocycles. The first-order valence-corrected chi connectivity index (χ1v) is 8.47. The minimum atomic E-state index is 0.607. The van der Waals surface area contributed by atoms with Crippen molar-refractivity contribution in [1.82, 2.24) is 0 Å². The number of hydrogen-bond donors (Lipinski definition) is 0. The molecule has 0 aromatic rings. The summed E-state index contributed by atoms with van der Waals surface area (Å²) >= 11 is 0. The number of unbranched alkanes of at least 4 members (excludes halogenated alkanes) is 1. The Morgan fingerprint density at radius 1 is 1.11 bits per heavy atom. The second kappa shape index (κ2) is 11.3. The van der Waals surface area contributed by atoms with E-state index in [0.29, 0.717) is 6.71 Å². The lowest BCUT2D eigenvalue weighted by molar-refractivity contribution is 0.775. The van der Waals surface area contributed by atoms with Crippen molar-refractivity contribution in [2.24, 2.45) is 0 Å². The van der Waals surface area contributed by atoms with E-state index in [1.54, 1.807) is 10.7 Å². The average molecular weight is 258 g/mol. The monoisotopic (exact) mass is 258 g/mol. The molecule has 0 N–H and O–H groups in total. The molecule has 0 saturated carbocycles. The fourth-order valence-corrected chi connectivity index (χ4v) is 3.54. The summed E-state index contributed by atoms with van der Waals surface area (Å²) < 4.78 is 0. The van der Waals surface area contributed by atoms with E-state index in [1.165, 1.54) is 19.3 Å². The van der Waals surface area contributed by atoms with Gasteiger partial charge in [0.1, 0.15) is 0 Å². The summed E-state index contributed by atoms with van der Waals surface area (Å²) in [7, 11) is 0.887. The van der Waals surface area contributed by atoms with Crippen LogP contribution in [0.3, 0.4) is 0 Å². The Morgan fingerprint density at radius 2 is 1.72 bits per heavy atom. The zero-order valence-corrected chi connectivity index (χ0v) is 13.2. The van der Waals surface area contributed by atoms with Crippen LogP contribution in [-0.4, -0.2) is 16.2 Å². The van der Waals surface area contributed by atoms with Gasteiger partial charge in [-0.2, -0.15) is 0 Å². The van der Waals surface area contributed by atoms with E-state index in [2.05, 4.69) is 33.2 Å². The Balaban J connectivity index is 5.11.